The fourth-order valence-corrected chi connectivity index (χ4v) is 4.99. The van der Waals surface area contributed by atoms with E-state index in [0.717, 1.165) is 0 Å². The fraction of sp³-hybridized carbons (Fsp3) is 0.414. The third-order valence-electron chi connectivity index (χ3n) is 7.36. The lowest BCUT2D eigenvalue weighted by atomic mass is 9.74. The molecule has 1 fully saturated rings. The number of halogens is 5. The van der Waals surface area contributed by atoms with E-state index in [1.165, 1.54) is 13.3 Å². The van der Waals surface area contributed by atoms with Gasteiger partial charge in [0.15, 0.2) is 0 Å². The van der Waals surface area contributed by atoms with Crippen molar-refractivity contribution in [3.63, 3.8) is 0 Å². The summed E-state index contributed by atoms with van der Waals surface area (Å²) in [5, 5.41) is 10.7. The van der Waals surface area contributed by atoms with Crippen LogP contribution < -0.4 is 4.74 Å². The smallest absolute Gasteiger partial charge is 0.144 e. The molecule has 4 nitrogen and oxygen atoms in total. The molecule has 1 saturated heterocycles. The highest BCUT2D eigenvalue weighted by Gasteiger charge is 2.35. The average molecular weight is 533 g/mol. The van der Waals surface area contributed by atoms with E-state index in [4.69, 9.17) is 4.74 Å². The molecule has 0 aliphatic carbocycles. The van der Waals surface area contributed by atoms with Crippen molar-refractivity contribution >= 4 is 10.9 Å². The number of pyridine rings is 1. The van der Waals surface area contributed by atoms with Crippen LogP contribution in [-0.4, -0.2) is 48.3 Å². The number of nitrogens with zero attached hydrogens (tertiary/aromatic N) is 2. The van der Waals surface area contributed by atoms with Crippen molar-refractivity contribution < 1.29 is 31.8 Å². The minimum Gasteiger partial charge on any atom is -0.497 e. The van der Waals surface area contributed by atoms with Crippen molar-refractivity contribution in [1.29, 1.82) is 0 Å². The molecule has 0 spiro atoms. The molecular formula is C29H29F5N2O2. The van der Waals surface area contributed by atoms with Gasteiger partial charge in [0.25, 0.3) is 0 Å². The van der Waals surface area contributed by atoms with Gasteiger partial charge in [0.2, 0.25) is 0 Å². The summed E-state index contributed by atoms with van der Waals surface area (Å²) in [4.78, 5) is 6.22. The zero-order valence-corrected chi connectivity index (χ0v) is 21.0. The van der Waals surface area contributed by atoms with Gasteiger partial charge in [0.05, 0.1) is 24.7 Å². The van der Waals surface area contributed by atoms with Crippen LogP contribution in [-0.2, 0) is 6.67 Å². The lowest BCUT2D eigenvalue weighted by Gasteiger charge is -2.40. The lowest BCUT2D eigenvalue weighted by Crippen LogP contribution is -2.42. The summed E-state index contributed by atoms with van der Waals surface area (Å²) in [6.45, 7) is 0.403. The van der Waals surface area contributed by atoms with E-state index in [9.17, 15) is 22.7 Å². The van der Waals surface area contributed by atoms with Crippen LogP contribution in [0.2, 0.25) is 0 Å². The van der Waals surface area contributed by atoms with Crippen LogP contribution in [0.3, 0.4) is 0 Å². The zero-order chi connectivity index (χ0) is 27.3. The molecule has 1 atom stereocenters. The predicted molar refractivity (Wildman–Crippen MR) is 135 cm³/mol. The van der Waals surface area contributed by atoms with E-state index in [1.807, 2.05) is 4.90 Å². The first-order valence-electron chi connectivity index (χ1n) is 12.4. The second kappa shape index (κ2) is 12.1. The molecule has 1 aliphatic rings. The maximum Gasteiger partial charge on any atom is 0.144 e. The molecule has 1 aromatic heterocycles. The Kier molecular flexibility index (Phi) is 8.85. The molecular weight excluding hydrogens is 503 g/mol. The Morgan fingerprint density at radius 2 is 1.84 bits per heavy atom. The topological polar surface area (TPSA) is 45.6 Å². The molecule has 3 aromatic rings. The molecule has 38 heavy (non-hydrogen) atoms. The number of likely N-dealkylation sites (tertiary alicyclic amines) is 1. The quantitative estimate of drug-likeness (QED) is 0.284. The van der Waals surface area contributed by atoms with Gasteiger partial charge in [-0.05, 0) is 62.4 Å². The maximum atomic E-state index is 15.7. The summed E-state index contributed by atoms with van der Waals surface area (Å²) in [6, 6.07) is 6.26. The first-order valence-corrected chi connectivity index (χ1v) is 12.4. The average Bonchev–Trinajstić information content (AvgIpc) is 2.92. The van der Waals surface area contributed by atoms with Gasteiger partial charge < -0.3 is 9.84 Å². The highest BCUT2D eigenvalue weighted by atomic mass is 19.2. The van der Waals surface area contributed by atoms with E-state index in [-0.39, 0.29) is 30.7 Å². The highest BCUT2D eigenvalue weighted by Crippen LogP contribution is 2.41. The van der Waals surface area contributed by atoms with Gasteiger partial charge in [-0.2, -0.15) is 0 Å². The zero-order valence-electron chi connectivity index (χ0n) is 21.0. The predicted octanol–water partition coefficient (Wildman–Crippen LogP) is 6.05. The normalized spacial score (nSPS) is 16.2. The summed E-state index contributed by atoms with van der Waals surface area (Å²) < 4.78 is 75.3. The number of alkyl halides is 2. The molecule has 0 bridgehead atoms. The maximum absolute atomic E-state index is 15.7. The van der Waals surface area contributed by atoms with Crippen LogP contribution in [0.5, 0.6) is 5.75 Å². The number of fused-ring (bicyclic) bond motifs is 1. The molecule has 1 unspecified atom stereocenters. The van der Waals surface area contributed by atoms with E-state index >= 15 is 4.39 Å². The molecule has 2 heterocycles. The number of aromatic nitrogens is 1. The second-order valence-electron chi connectivity index (χ2n) is 9.70. The van der Waals surface area contributed by atoms with Crippen LogP contribution in [0.15, 0.2) is 36.5 Å². The first kappa shape index (κ1) is 27.8. The van der Waals surface area contributed by atoms with E-state index < -0.39 is 41.3 Å². The van der Waals surface area contributed by atoms with Crippen molar-refractivity contribution in [3.8, 4) is 17.6 Å². The summed E-state index contributed by atoms with van der Waals surface area (Å²) in [5.74, 6) is 2.58. The van der Waals surface area contributed by atoms with Crippen LogP contribution in [0.4, 0.5) is 22.0 Å². The van der Waals surface area contributed by atoms with Gasteiger partial charge in [-0.1, -0.05) is 11.8 Å². The SMILES string of the molecule is COc1ccc2ncc(CF)c(C(F)CCC3(CO)CCN(CC#Cc4c(F)cc(F)cc4F)CC3)c2c1. The Morgan fingerprint density at radius 1 is 1.13 bits per heavy atom. The number of aliphatic hydroxyl groups is 1. The highest BCUT2D eigenvalue weighted by molar-refractivity contribution is 5.85. The monoisotopic (exact) mass is 532 g/mol. The summed E-state index contributed by atoms with van der Waals surface area (Å²) in [6.07, 6.45) is 1.58. The molecule has 9 heteroatoms. The van der Waals surface area contributed by atoms with E-state index in [1.54, 1.807) is 18.2 Å². The summed E-state index contributed by atoms with van der Waals surface area (Å²) in [7, 11) is 1.50. The molecule has 1 N–H and O–H groups in total. The van der Waals surface area contributed by atoms with Crippen LogP contribution >= 0.6 is 0 Å². The number of ether oxygens (including phenoxy) is 1. The Labute approximate surface area is 218 Å². The van der Waals surface area contributed by atoms with Gasteiger partial charge in [-0.15, -0.1) is 0 Å². The van der Waals surface area contributed by atoms with Crippen molar-refractivity contribution in [2.45, 2.75) is 38.5 Å². The first-order chi connectivity index (χ1) is 18.3. The largest absolute Gasteiger partial charge is 0.497 e. The number of methoxy groups -OCH3 is 1. The number of hydrogen-bond acceptors (Lipinski definition) is 4. The molecule has 0 saturated carbocycles. The summed E-state index contributed by atoms with van der Waals surface area (Å²) in [5.41, 5.74) is 0.0272. The van der Waals surface area contributed by atoms with Crippen LogP contribution in [0, 0.1) is 34.7 Å². The molecule has 2 aromatic carbocycles. The van der Waals surface area contributed by atoms with Crippen molar-refractivity contribution in [1.82, 2.24) is 9.88 Å². The number of piperidine rings is 1. The van der Waals surface area contributed by atoms with Crippen LogP contribution in [0.1, 0.15) is 48.5 Å². The molecule has 202 valence electrons. The second-order valence-corrected chi connectivity index (χ2v) is 9.70. The summed E-state index contributed by atoms with van der Waals surface area (Å²) >= 11 is 0. The van der Waals surface area contributed by atoms with Gasteiger partial charge in [-0.25, -0.2) is 22.0 Å². The van der Waals surface area contributed by atoms with Gasteiger partial charge in [-0.3, -0.25) is 9.88 Å². The van der Waals surface area contributed by atoms with Gasteiger partial charge in [0.1, 0.15) is 36.0 Å². The van der Waals surface area contributed by atoms with E-state index in [0.29, 0.717) is 61.1 Å². The fourth-order valence-electron chi connectivity index (χ4n) is 4.99. The number of benzene rings is 2. The van der Waals surface area contributed by atoms with Crippen molar-refractivity contribution in [2.24, 2.45) is 5.41 Å². The van der Waals surface area contributed by atoms with Crippen molar-refractivity contribution in [2.75, 3.05) is 33.4 Å². The van der Waals surface area contributed by atoms with Gasteiger partial charge in [0, 0.05) is 41.4 Å². The van der Waals surface area contributed by atoms with Crippen LogP contribution in [0.25, 0.3) is 10.9 Å². The minimum absolute atomic E-state index is 0.104. The standard InChI is InChI=1S/C29H29F5N2O2/c1-38-21-4-5-27-23(15-21)28(19(16-30)17-35-27)24(32)6-7-29(18-37)8-11-36(12-9-29)10-2-3-22-25(33)13-20(31)14-26(22)34/h4-5,13-15,17,24,37H,6-12,16,18H2,1H3. The third-order valence-corrected chi connectivity index (χ3v) is 7.36. The number of rotatable bonds is 8. The Morgan fingerprint density at radius 3 is 2.47 bits per heavy atom. The number of aliphatic hydroxyl groups excluding tert-OH is 1. The Balaban J connectivity index is 1.40. The number of hydrogen-bond donors (Lipinski definition) is 1. The molecule has 0 amide bonds. The van der Waals surface area contributed by atoms with Crippen molar-refractivity contribution in [3.05, 3.63) is 70.7 Å². The molecule has 1 aliphatic heterocycles. The minimum atomic E-state index is -1.45. The third kappa shape index (κ3) is 6.08. The molecule has 0 radical (unpaired) electrons. The lowest BCUT2D eigenvalue weighted by molar-refractivity contribution is 0.0344. The Hall–Kier alpha value is -3.22. The van der Waals surface area contributed by atoms with Gasteiger partial charge >= 0.3 is 0 Å². The Bertz CT molecular complexity index is 1320. The van der Waals surface area contributed by atoms with E-state index in [2.05, 4.69) is 16.8 Å². The molecule has 4 rings (SSSR count).